The van der Waals surface area contributed by atoms with Gasteiger partial charge in [-0.2, -0.15) is 0 Å². The van der Waals surface area contributed by atoms with Crippen molar-refractivity contribution in [2.45, 2.75) is 12.8 Å². The number of halogens is 1. The Labute approximate surface area is 122 Å². The van der Waals surface area contributed by atoms with Gasteiger partial charge in [-0.3, -0.25) is 14.5 Å². The first-order valence-corrected chi connectivity index (χ1v) is 6.87. The molecule has 1 heterocycles. The minimum Gasteiger partial charge on any atom is -0.274 e. The predicted octanol–water partition coefficient (Wildman–Crippen LogP) is 3.05. The van der Waals surface area contributed by atoms with Crippen LogP contribution in [0.4, 0.5) is 4.39 Å². The summed E-state index contributed by atoms with van der Waals surface area (Å²) in [4.78, 5) is 25.4. The molecule has 2 aromatic carbocycles. The van der Waals surface area contributed by atoms with Crippen LogP contribution in [0.25, 0.3) is 0 Å². The van der Waals surface area contributed by atoms with Crippen molar-refractivity contribution in [3.05, 3.63) is 71.0 Å². The zero-order chi connectivity index (χ0) is 14.8. The monoisotopic (exact) mass is 283 g/mol. The molecule has 0 atom stereocenters. The fourth-order valence-corrected chi connectivity index (χ4v) is 2.58. The Morgan fingerprint density at radius 1 is 0.905 bits per heavy atom. The fraction of sp³-hybridized carbons (Fsp3) is 0.176. The minimum atomic E-state index is -0.628. The van der Waals surface area contributed by atoms with Crippen LogP contribution in [0.5, 0.6) is 0 Å². The standard InChI is InChI=1S/C17H14FNO2/c18-14-10-4-9-13-15(14)17(21)19(16(13)20)11-5-8-12-6-2-1-3-7-12/h1-4,6-7,9-10H,5,8,11H2. The van der Waals surface area contributed by atoms with Crippen LogP contribution in [0, 0.1) is 5.82 Å². The average molecular weight is 283 g/mol. The van der Waals surface area contributed by atoms with Crippen molar-refractivity contribution in [2.75, 3.05) is 6.54 Å². The Morgan fingerprint density at radius 3 is 2.38 bits per heavy atom. The van der Waals surface area contributed by atoms with Crippen molar-refractivity contribution in [2.24, 2.45) is 0 Å². The number of amides is 2. The summed E-state index contributed by atoms with van der Waals surface area (Å²) in [7, 11) is 0. The number of rotatable bonds is 4. The van der Waals surface area contributed by atoms with Crippen molar-refractivity contribution in [1.29, 1.82) is 0 Å². The molecule has 3 nitrogen and oxygen atoms in total. The van der Waals surface area contributed by atoms with Crippen LogP contribution in [0.15, 0.2) is 48.5 Å². The van der Waals surface area contributed by atoms with E-state index in [0.717, 1.165) is 16.9 Å². The van der Waals surface area contributed by atoms with Gasteiger partial charge in [-0.1, -0.05) is 36.4 Å². The van der Waals surface area contributed by atoms with Crippen LogP contribution in [-0.2, 0) is 6.42 Å². The lowest BCUT2D eigenvalue weighted by atomic mass is 10.1. The van der Waals surface area contributed by atoms with Crippen molar-refractivity contribution in [3.63, 3.8) is 0 Å². The van der Waals surface area contributed by atoms with Gasteiger partial charge in [-0.15, -0.1) is 0 Å². The first kappa shape index (κ1) is 13.5. The minimum absolute atomic E-state index is 0.0952. The quantitative estimate of drug-likeness (QED) is 0.809. The van der Waals surface area contributed by atoms with E-state index in [2.05, 4.69) is 0 Å². The molecule has 0 radical (unpaired) electrons. The molecule has 106 valence electrons. The predicted molar refractivity (Wildman–Crippen MR) is 76.5 cm³/mol. The van der Waals surface area contributed by atoms with Crippen LogP contribution >= 0.6 is 0 Å². The van der Waals surface area contributed by atoms with Gasteiger partial charge < -0.3 is 0 Å². The maximum absolute atomic E-state index is 13.7. The first-order valence-electron chi connectivity index (χ1n) is 6.87. The highest BCUT2D eigenvalue weighted by atomic mass is 19.1. The van der Waals surface area contributed by atoms with Crippen molar-refractivity contribution in [1.82, 2.24) is 4.90 Å². The van der Waals surface area contributed by atoms with Crippen LogP contribution in [0.1, 0.15) is 32.7 Å². The van der Waals surface area contributed by atoms with E-state index in [-0.39, 0.29) is 11.1 Å². The number of imide groups is 1. The number of carbonyl (C=O) groups excluding carboxylic acids is 2. The van der Waals surface area contributed by atoms with Crippen LogP contribution in [0.3, 0.4) is 0 Å². The van der Waals surface area contributed by atoms with Gasteiger partial charge in [0.25, 0.3) is 11.8 Å². The first-order chi connectivity index (χ1) is 10.2. The second-order valence-electron chi connectivity index (χ2n) is 5.01. The number of benzene rings is 2. The van der Waals surface area contributed by atoms with E-state index in [9.17, 15) is 14.0 Å². The Bertz CT molecular complexity index is 697. The summed E-state index contributed by atoms with van der Waals surface area (Å²) in [6.45, 7) is 0.306. The fourth-order valence-electron chi connectivity index (χ4n) is 2.58. The summed E-state index contributed by atoms with van der Waals surface area (Å²) in [5.74, 6) is -1.56. The zero-order valence-electron chi connectivity index (χ0n) is 11.4. The summed E-state index contributed by atoms with van der Waals surface area (Å²) in [6.07, 6.45) is 1.44. The highest BCUT2D eigenvalue weighted by molar-refractivity contribution is 6.21. The lowest BCUT2D eigenvalue weighted by Gasteiger charge is -2.13. The van der Waals surface area contributed by atoms with Crippen molar-refractivity contribution in [3.8, 4) is 0 Å². The van der Waals surface area contributed by atoms with Gasteiger partial charge in [0.2, 0.25) is 0 Å². The molecule has 0 aliphatic carbocycles. The van der Waals surface area contributed by atoms with E-state index >= 15 is 0 Å². The lowest BCUT2D eigenvalue weighted by molar-refractivity contribution is 0.0651. The SMILES string of the molecule is O=C1c2cccc(F)c2C(=O)N1CCCc1ccccc1. The summed E-state index contributed by atoms with van der Waals surface area (Å²) in [5, 5.41) is 0. The third-order valence-corrected chi connectivity index (χ3v) is 3.64. The van der Waals surface area contributed by atoms with Crippen LogP contribution < -0.4 is 0 Å². The lowest BCUT2D eigenvalue weighted by Crippen LogP contribution is -2.31. The molecular formula is C17H14FNO2. The molecule has 2 amide bonds. The Balaban J connectivity index is 1.70. The molecule has 0 unspecified atom stereocenters. The summed E-state index contributed by atoms with van der Waals surface area (Å²) < 4.78 is 13.7. The Morgan fingerprint density at radius 2 is 1.67 bits per heavy atom. The molecule has 4 heteroatoms. The molecule has 0 N–H and O–H groups in total. The molecule has 0 saturated heterocycles. The van der Waals surface area contributed by atoms with E-state index in [1.807, 2.05) is 30.3 Å². The van der Waals surface area contributed by atoms with Gasteiger partial charge >= 0.3 is 0 Å². The summed E-state index contributed by atoms with van der Waals surface area (Å²) >= 11 is 0. The highest BCUT2D eigenvalue weighted by Crippen LogP contribution is 2.25. The Kier molecular flexibility index (Phi) is 3.52. The third kappa shape index (κ3) is 2.44. The molecule has 21 heavy (non-hydrogen) atoms. The van der Waals surface area contributed by atoms with Gasteiger partial charge in [0, 0.05) is 6.54 Å². The van der Waals surface area contributed by atoms with Crippen LogP contribution in [0.2, 0.25) is 0 Å². The maximum atomic E-state index is 13.7. The third-order valence-electron chi connectivity index (χ3n) is 3.64. The molecule has 2 aromatic rings. The number of fused-ring (bicyclic) bond motifs is 1. The van der Waals surface area contributed by atoms with E-state index in [4.69, 9.17) is 0 Å². The van der Waals surface area contributed by atoms with Gasteiger partial charge in [-0.25, -0.2) is 4.39 Å². The maximum Gasteiger partial charge on any atom is 0.264 e. The molecule has 0 fully saturated rings. The smallest absolute Gasteiger partial charge is 0.264 e. The van der Waals surface area contributed by atoms with E-state index in [1.165, 1.54) is 18.2 Å². The van der Waals surface area contributed by atoms with Gasteiger partial charge in [0.1, 0.15) is 5.82 Å². The van der Waals surface area contributed by atoms with Crippen molar-refractivity contribution >= 4 is 11.8 Å². The zero-order valence-corrected chi connectivity index (χ0v) is 11.4. The van der Waals surface area contributed by atoms with Crippen molar-refractivity contribution < 1.29 is 14.0 Å². The molecule has 1 aliphatic rings. The van der Waals surface area contributed by atoms with Gasteiger partial charge in [0.05, 0.1) is 11.1 Å². The Hall–Kier alpha value is -2.49. The number of carbonyl (C=O) groups is 2. The second kappa shape index (κ2) is 5.48. The topological polar surface area (TPSA) is 37.4 Å². The molecular weight excluding hydrogens is 269 g/mol. The molecule has 0 saturated carbocycles. The average Bonchev–Trinajstić information content (AvgIpc) is 2.74. The number of nitrogens with zero attached hydrogens (tertiary/aromatic N) is 1. The highest BCUT2D eigenvalue weighted by Gasteiger charge is 2.37. The summed E-state index contributed by atoms with van der Waals surface area (Å²) in [5.41, 5.74) is 1.22. The second-order valence-corrected chi connectivity index (χ2v) is 5.01. The largest absolute Gasteiger partial charge is 0.274 e. The van der Waals surface area contributed by atoms with Gasteiger partial charge in [-0.05, 0) is 30.5 Å². The van der Waals surface area contributed by atoms with Gasteiger partial charge in [0.15, 0.2) is 0 Å². The summed E-state index contributed by atoms with van der Waals surface area (Å²) in [6, 6.07) is 14.0. The molecule has 0 aromatic heterocycles. The number of aryl methyl sites for hydroxylation is 1. The van der Waals surface area contributed by atoms with E-state index in [0.29, 0.717) is 13.0 Å². The molecule has 0 bridgehead atoms. The number of hydrogen-bond acceptors (Lipinski definition) is 2. The van der Waals surface area contributed by atoms with E-state index in [1.54, 1.807) is 0 Å². The molecule has 3 rings (SSSR count). The molecule has 0 spiro atoms. The van der Waals surface area contributed by atoms with Crippen LogP contribution in [-0.4, -0.2) is 23.3 Å². The normalized spacial score (nSPS) is 13.7. The molecule has 1 aliphatic heterocycles. The number of hydrogen-bond donors (Lipinski definition) is 0. The van der Waals surface area contributed by atoms with E-state index < -0.39 is 17.6 Å².